The molecule has 0 aromatic carbocycles. The van der Waals surface area contributed by atoms with Gasteiger partial charge in [-0.1, -0.05) is 423 Å². The molecule has 580 valence electrons. The van der Waals surface area contributed by atoms with Gasteiger partial charge in [0.2, 0.25) is 5.91 Å². The first-order valence-electron chi connectivity index (χ1n) is 43.6. The summed E-state index contributed by atoms with van der Waals surface area (Å²) in [6, 6.07) is -0.823. The summed E-state index contributed by atoms with van der Waals surface area (Å²) in [5.74, 6) is -0.159. The number of unbranched alkanes of at least 4 members (excludes halogenated alkanes) is 63. The lowest BCUT2D eigenvalue weighted by molar-refractivity contribution is -0.302. The van der Waals surface area contributed by atoms with Crippen LogP contribution >= 0.6 is 0 Å². The Labute approximate surface area is 607 Å². The maximum absolute atomic E-state index is 13.1. The summed E-state index contributed by atoms with van der Waals surface area (Å²) >= 11 is 0. The molecule has 11 nitrogen and oxygen atoms in total. The first kappa shape index (κ1) is 94.2. The van der Waals surface area contributed by atoms with Crippen molar-refractivity contribution < 1.29 is 49.3 Å². The Morgan fingerprint density at radius 2 is 0.663 bits per heavy atom. The van der Waals surface area contributed by atoms with Crippen molar-refractivity contribution in [2.24, 2.45) is 0 Å². The molecule has 1 aliphatic heterocycles. The Hall–Kier alpha value is -1.86. The van der Waals surface area contributed by atoms with Crippen molar-refractivity contribution in [1.29, 1.82) is 0 Å². The fourth-order valence-corrected chi connectivity index (χ4v) is 14.3. The molecule has 0 spiro atoms. The largest absolute Gasteiger partial charge is 0.466 e. The number of carbonyl (C=O) groups excluding carboxylic acids is 2. The lowest BCUT2D eigenvalue weighted by Gasteiger charge is -2.40. The smallest absolute Gasteiger partial charge is 0.305 e. The summed E-state index contributed by atoms with van der Waals surface area (Å²) in [4.78, 5) is 25.2. The van der Waals surface area contributed by atoms with Crippen LogP contribution in [0.15, 0.2) is 24.3 Å². The molecule has 0 bridgehead atoms. The standard InChI is InChI=1S/C87H167NO10/c1-3-5-7-9-11-13-15-17-19-47-51-55-59-63-67-71-75-83(92)96-76-72-68-64-60-56-52-48-44-42-40-38-36-34-32-30-28-26-24-22-20-21-23-25-27-29-31-33-35-37-39-41-43-46-50-54-58-62-66-70-74-82(91)88-79(78-97-87-86(95)85(94)84(93)81(77-89)98-87)80(90)73-69-65-61-57-53-49-45-18-16-14-12-10-8-6-4-2/h53,57,69,73,79-81,84-87,89-90,93-95H,3-52,54-56,58-68,70-72,74-78H2,1-2H3,(H,88,91)/b57-53+,73-69+. The molecular formula is C87H167NO10. The molecule has 11 heteroatoms. The highest BCUT2D eigenvalue weighted by Gasteiger charge is 2.44. The molecule has 7 unspecified atom stereocenters. The number of esters is 1. The van der Waals surface area contributed by atoms with E-state index in [0.717, 1.165) is 51.4 Å². The molecule has 98 heavy (non-hydrogen) atoms. The second-order valence-corrected chi connectivity index (χ2v) is 30.6. The van der Waals surface area contributed by atoms with Crippen molar-refractivity contribution >= 4 is 11.9 Å². The SMILES string of the molecule is CCCCCCCCCCC/C=C/CC/C=C/C(O)C(COC1OC(CO)C(O)C(O)C1O)NC(=O)CCCCCCCCCCCCCCCCCCCCCCCCCCCCCCCCCCCCCCCCCOC(=O)CCCCCCCCCCCCCCCCCC. The molecule has 0 aromatic heterocycles. The van der Waals surface area contributed by atoms with Crippen molar-refractivity contribution in [3.63, 3.8) is 0 Å². The molecule has 1 rings (SSSR count). The average molecular weight is 1390 g/mol. The van der Waals surface area contributed by atoms with Crippen LogP contribution < -0.4 is 5.32 Å². The first-order chi connectivity index (χ1) is 48.2. The van der Waals surface area contributed by atoms with Gasteiger partial charge in [0, 0.05) is 12.8 Å². The highest BCUT2D eigenvalue weighted by molar-refractivity contribution is 5.76. The zero-order valence-corrected chi connectivity index (χ0v) is 65.0. The molecule has 0 aromatic rings. The predicted octanol–water partition coefficient (Wildman–Crippen LogP) is 24.3. The van der Waals surface area contributed by atoms with Crippen LogP contribution in [-0.4, -0.2) is 100 Å². The fourth-order valence-electron chi connectivity index (χ4n) is 14.3. The quantitative estimate of drug-likeness (QED) is 0.0195. The molecule has 6 N–H and O–H groups in total. The maximum atomic E-state index is 13.1. The van der Waals surface area contributed by atoms with Crippen molar-refractivity contribution in [1.82, 2.24) is 5.32 Å². The minimum Gasteiger partial charge on any atom is -0.466 e. The average Bonchev–Trinajstić information content (AvgIpc) is 0.823. The Balaban J connectivity index is 1.87. The number of hydrogen-bond donors (Lipinski definition) is 6. The van der Waals surface area contributed by atoms with E-state index in [2.05, 4.69) is 31.3 Å². The Morgan fingerprint density at radius 1 is 0.367 bits per heavy atom. The molecule has 7 atom stereocenters. The van der Waals surface area contributed by atoms with Crippen molar-refractivity contribution in [3.8, 4) is 0 Å². The van der Waals surface area contributed by atoms with Crippen LogP contribution in [-0.2, 0) is 23.8 Å². The van der Waals surface area contributed by atoms with Crippen molar-refractivity contribution in [2.75, 3.05) is 19.8 Å². The highest BCUT2D eigenvalue weighted by Crippen LogP contribution is 2.24. The second kappa shape index (κ2) is 76.3. The van der Waals surface area contributed by atoms with Gasteiger partial charge in [0.05, 0.1) is 32.0 Å². The summed E-state index contributed by atoms with van der Waals surface area (Å²) in [5.41, 5.74) is 0. The lowest BCUT2D eigenvalue weighted by Crippen LogP contribution is -2.60. The number of rotatable bonds is 79. The molecule has 1 amide bonds. The number of allylic oxidation sites excluding steroid dienone is 3. The topological polar surface area (TPSA) is 175 Å². The second-order valence-electron chi connectivity index (χ2n) is 30.6. The van der Waals surface area contributed by atoms with Crippen LogP contribution in [0.5, 0.6) is 0 Å². The van der Waals surface area contributed by atoms with E-state index in [1.807, 2.05) is 6.08 Å². The highest BCUT2D eigenvalue weighted by atomic mass is 16.7. The Bertz CT molecular complexity index is 1680. The Kier molecular flexibility index (Phi) is 73.3. The van der Waals surface area contributed by atoms with Gasteiger partial charge < -0.3 is 45.1 Å². The third-order valence-corrected chi connectivity index (χ3v) is 21.1. The maximum Gasteiger partial charge on any atom is 0.305 e. The van der Waals surface area contributed by atoms with E-state index < -0.39 is 49.5 Å². The number of aliphatic hydroxyl groups excluding tert-OH is 5. The molecule has 0 radical (unpaired) electrons. The zero-order chi connectivity index (χ0) is 70.8. The van der Waals surface area contributed by atoms with Gasteiger partial charge in [-0.3, -0.25) is 9.59 Å². The summed E-state index contributed by atoms with van der Waals surface area (Å²) in [6.45, 7) is 4.40. The van der Waals surface area contributed by atoms with Gasteiger partial charge in [0.1, 0.15) is 24.4 Å². The van der Waals surface area contributed by atoms with Gasteiger partial charge in [0.15, 0.2) is 6.29 Å². The van der Waals surface area contributed by atoms with Gasteiger partial charge >= 0.3 is 5.97 Å². The minimum atomic E-state index is -1.57. The number of hydrogen-bond acceptors (Lipinski definition) is 10. The van der Waals surface area contributed by atoms with Crippen LogP contribution in [0.2, 0.25) is 0 Å². The fraction of sp³-hybridized carbons (Fsp3) is 0.931. The number of amides is 1. The van der Waals surface area contributed by atoms with Crippen molar-refractivity contribution in [3.05, 3.63) is 24.3 Å². The third kappa shape index (κ3) is 63.8. The van der Waals surface area contributed by atoms with E-state index in [1.165, 1.54) is 379 Å². The third-order valence-electron chi connectivity index (χ3n) is 21.1. The van der Waals surface area contributed by atoms with Crippen LogP contribution in [0.1, 0.15) is 457 Å². The van der Waals surface area contributed by atoms with E-state index in [4.69, 9.17) is 14.2 Å². The van der Waals surface area contributed by atoms with Crippen LogP contribution in [0.25, 0.3) is 0 Å². The van der Waals surface area contributed by atoms with E-state index in [1.54, 1.807) is 6.08 Å². The summed E-state index contributed by atoms with van der Waals surface area (Å²) in [6.07, 6.45) is 89.6. The van der Waals surface area contributed by atoms with Gasteiger partial charge in [-0.25, -0.2) is 0 Å². The monoisotopic (exact) mass is 1390 g/mol. The van der Waals surface area contributed by atoms with Crippen LogP contribution in [0, 0.1) is 0 Å². The number of ether oxygens (including phenoxy) is 3. The number of carbonyl (C=O) groups is 2. The van der Waals surface area contributed by atoms with Gasteiger partial charge in [-0.05, 0) is 44.9 Å². The van der Waals surface area contributed by atoms with Crippen LogP contribution in [0.3, 0.4) is 0 Å². The van der Waals surface area contributed by atoms with Crippen LogP contribution in [0.4, 0.5) is 0 Å². The lowest BCUT2D eigenvalue weighted by atomic mass is 9.99. The molecule has 1 fully saturated rings. The Morgan fingerprint density at radius 3 is 1.01 bits per heavy atom. The number of aliphatic hydroxyl groups is 5. The molecule has 0 aliphatic carbocycles. The predicted molar refractivity (Wildman–Crippen MR) is 417 cm³/mol. The van der Waals surface area contributed by atoms with Gasteiger partial charge in [-0.2, -0.15) is 0 Å². The van der Waals surface area contributed by atoms with E-state index in [0.29, 0.717) is 19.4 Å². The molecule has 1 heterocycles. The molecule has 0 saturated carbocycles. The van der Waals surface area contributed by atoms with Gasteiger partial charge in [0.25, 0.3) is 0 Å². The normalized spacial score (nSPS) is 17.2. The molecule has 1 saturated heterocycles. The van der Waals surface area contributed by atoms with E-state index in [9.17, 15) is 35.1 Å². The number of nitrogens with one attached hydrogen (secondary N) is 1. The van der Waals surface area contributed by atoms with Crippen molar-refractivity contribution in [2.45, 2.75) is 500 Å². The summed E-state index contributed by atoms with van der Waals surface area (Å²) in [5, 5.41) is 54.6. The van der Waals surface area contributed by atoms with E-state index in [-0.39, 0.29) is 18.5 Å². The van der Waals surface area contributed by atoms with E-state index >= 15 is 0 Å². The van der Waals surface area contributed by atoms with Gasteiger partial charge in [-0.15, -0.1) is 0 Å². The molecular weight excluding hydrogens is 1220 g/mol. The first-order valence-corrected chi connectivity index (χ1v) is 43.6. The summed E-state index contributed by atoms with van der Waals surface area (Å²) in [7, 11) is 0. The molecule has 1 aliphatic rings. The summed E-state index contributed by atoms with van der Waals surface area (Å²) < 4.78 is 16.8. The zero-order valence-electron chi connectivity index (χ0n) is 65.0. The minimum absolute atomic E-state index is 0.0229.